The Morgan fingerprint density at radius 1 is 1.03 bits per heavy atom. The molecule has 0 aliphatic carbocycles. The fourth-order valence-electron chi connectivity index (χ4n) is 3.28. The van der Waals surface area contributed by atoms with Crippen molar-refractivity contribution in [2.75, 3.05) is 0 Å². The van der Waals surface area contributed by atoms with Gasteiger partial charge in [0.25, 0.3) is 5.56 Å². The Morgan fingerprint density at radius 2 is 1.87 bits per heavy atom. The molecule has 0 aliphatic rings. The number of aromatic hydroxyl groups is 1. The van der Waals surface area contributed by atoms with E-state index in [0.29, 0.717) is 26.7 Å². The smallest absolute Gasteiger partial charge is 0.336 e. The van der Waals surface area contributed by atoms with E-state index in [0.717, 1.165) is 16.6 Å². The zero-order valence-corrected chi connectivity index (χ0v) is 17.1. The van der Waals surface area contributed by atoms with Crippen molar-refractivity contribution in [3.05, 3.63) is 92.4 Å². The SMILES string of the molecule is O=c1cc(CSc2nc3sccc3c(=O)n2-c2ccccc2)c2ccc(O)cc2o1. The molecule has 0 aliphatic heterocycles. The Bertz CT molecular complexity index is 1500. The number of fused-ring (bicyclic) bond motifs is 2. The highest BCUT2D eigenvalue weighted by molar-refractivity contribution is 7.98. The minimum absolute atomic E-state index is 0.0261. The highest BCUT2D eigenvalue weighted by Crippen LogP contribution is 2.29. The van der Waals surface area contributed by atoms with Gasteiger partial charge in [0.1, 0.15) is 16.2 Å². The van der Waals surface area contributed by atoms with E-state index in [-0.39, 0.29) is 11.3 Å². The lowest BCUT2D eigenvalue weighted by molar-refractivity contribution is 0.473. The summed E-state index contributed by atoms with van der Waals surface area (Å²) in [6.07, 6.45) is 0. The van der Waals surface area contributed by atoms with E-state index in [4.69, 9.17) is 9.40 Å². The Kier molecular flexibility index (Phi) is 4.65. The molecule has 6 nitrogen and oxygen atoms in total. The minimum atomic E-state index is -0.495. The van der Waals surface area contributed by atoms with E-state index in [1.54, 1.807) is 22.8 Å². The molecule has 0 radical (unpaired) electrons. The Labute approximate surface area is 178 Å². The number of nitrogens with zero attached hydrogens (tertiary/aromatic N) is 2. The average molecular weight is 434 g/mol. The number of thiophene rings is 1. The highest BCUT2D eigenvalue weighted by Gasteiger charge is 2.15. The van der Waals surface area contributed by atoms with Crippen LogP contribution in [0.25, 0.3) is 26.9 Å². The quantitative estimate of drug-likeness (QED) is 0.254. The molecular weight excluding hydrogens is 420 g/mol. The molecule has 2 aromatic carbocycles. The first kappa shape index (κ1) is 18.7. The van der Waals surface area contributed by atoms with Crippen LogP contribution < -0.4 is 11.2 Å². The zero-order valence-electron chi connectivity index (χ0n) is 15.4. The highest BCUT2D eigenvalue weighted by atomic mass is 32.2. The topological polar surface area (TPSA) is 85.3 Å². The minimum Gasteiger partial charge on any atom is -0.508 e. The molecule has 0 spiro atoms. The summed E-state index contributed by atoms with van der Waals surface area (Å²) in [5.74, 6) is 0.432. The first-order chi connectivity index (χ1) is 14.6. The number of aromatic nitrogens is 2. The number of hydrogen-bond acceptors (Lipinski definition) is 7. The summed E-state index contributed by atoms with van der Waals surface area (Å²) in [6.45, 7) is 0. The largest absolute Gasteiger partial charge is 0.508 e. The van der Waals surface area contributed by atoms with Crippen molar-refractivity contribution in [1.29, 1.82) is 0 Å². The van der Waals surface area contributed by atoms with Crippen molar-refractivity contribution in [3.63, 3.8) is 0 Å². The van der Waals surface area contributed by atoms with Crippen LogP contribution in [-0.4, -0.2) is 14.7 Å². The standard InChI is InChI=1S/C22H14N2O4S2/c25-15-6-7-16-13(10-19(26)28-18(16)11-15)12-30-22-23-20-17(8-9-29-20)21(27)24(22)14-4-2-1-3-5-14/h1-11,25H,12H2. The molecule has 8 heteroatoms. The van der Waals surface area contributed by atoms with Crippen LogP contribution in [0.1, 0.15) is 5.56 Å². The maximum atomic E-state index is 13.1. The molecule has 5 aromatic rings. The average Bonchev–Trinajstić information content (AvgIpc) is 3.21. The van der Waals surface area contributed by atoms with Crippen molar-refractivity contribution >= 4 is 44.3 Å². The molecule has 30 heavy (non-hydrogen) atoms. The third-order valence-corrected chi connectivity index (χ3v) is 6.45. The fraction of sp³-hybridized carbons (Fsp3) is 0.0455. The van der Waals surface area contributed by atoms with Crippen LogP contribution in [0.15, 0.2) is 85.2 Å². The van der Waals surface area contributed by atoms with Crippen LogP contribution >= 0.6 is 23.1 Å². The fourth-order valence-corrected chi connectivity index (χ4v) is 5.09. The van der Waals surface area contributed by atoms with Gasteiger partial charge in [-0.25, -0.2) is 9.78 Å². The molecule has 0 saturated heterocycles. The van der Waals surface area contributed by atoms with Gasteiger partial charge < -0.3 is 9.52 Å². The maximum Gasteiger partial charge on any atom is 0.336 e. The summed E-state index contributed by atoms with van der Waals surface area (Å²) in [5, 5.41) is 13.4. The molecule has 1 N–H and O–H groups in total. The van der Waals surface area contributed by atoms with Crippen LogP contribution in [0.4, 0.5) is 0 Å². The normalized spacial score (nSPS) is 11.3. The summed E-state index contributed by atoms with van der Waals surface area (Å²) in [5.41, 5.74) is 1.17. The van der Waals surface area contributed by atoms with Gasteiger partial charge in [0, 0.05) is 23.3 Å². The number of benzene rings is 2. The van der Waals surface area contributed by atoms with E-state index in [2.05, 4.69) is 0 Å². The van der Waals surface area contributed by atoms with Crippen LogP contribution in [-0.2, 0) is 5.75 Å². The summed E-state index contributed by atoms with van der Waals surface area (Å²) in [6, 6.07) is 17.3. The summed E-state index contributed by atoms with van der Waals surface area (Å²) in [4.78, 5) is 30.5. The monoisotopic (exact) mass is 434 g/mol. The van der Waals surface area contributed by atoms with Crippen LogP contribution in [0.5, 0.6) is 5.75 Å². The van der Waals surface area contributed by atoms with Gasteiger partial charge in [-0.2, -0.15) is 0 Å². The van der Waals surface area contributed by atoms with Crippen LogP contribution in [0.2, 0.25) is 0 Å². The lowest BCUT2D eigenvalue weighted by Gasteiger charge is -2.12. The van der Waals surface area contributed by atoms with E-state index >= 15 is 0 Å². The van der Waals surface area contributed by atoms with Crippen LogP contribution in [0.3, 0.4) is 0 Å². The van der Waals surface area contributed by atoms with Gasteiger partial charge in [0.2, 0.25) is 0 Å². The predicted molar refractivity (Wildman–Crippen MR) is 119 cm³/mol. The lowest BCUT2D eigenvalue weighted by Crippen LogP contribution is -2.21. The molecule has 0 fully saturated rings. The van der Waals surface area contributed by atoms with Gasteiger partial charge in [-0.3, -0.25) is 9.36 Å². The summed E-state index contributed by atoms with van der Waals surface area (Å²) in [7, 11) is 0. The molecule has 0 bridgehead atoms. The molecule has 0 atom stereocenters. The molecular formula is C22H14N2O4S2. The second kappa shape index (κ2) is 7.47. The van der Waals surface area contributed by atoms with Crippen molar-refractivity contribution < 1.29 is 9.52 Å². The molecule has 0 amide bonds. The third-order valence-electron chi connectivity index (χ3n) is 4.65. The number of phenols is 1. The van der Waals surface area contributed by atoms with Crippen LogP contribution in [0, 0.1) is 0 Å². The predicted octanol–water partition coefficient (Wildman–Crippen LogP) is 4.55. The maximum absolute atomic E-state index is 13.1. The lowest BCUT2D eigenvalue weighted by atomic mass is 10.1. The van der Waals surface area contributed by atoms with Crippen molar-refractivity contribution in [3.8, 4) is 11.4 Å². The molecule has 3 aromatic heterocycles. The zero-order chi connectivity index (χ0) is 20.7. The van der Waals surface area contributed by atoms with Crippen molar-refractivity contribution in [2.24, 2.45) is 0 Å². The van der Waals surface area contributed by atoms with Gasteiger partial charge in [-0.05, 0) is 41.3 Å². The van der Waals surface area contributed by atoms with Gasteiger partial charge >= 0.3 is 5.63 Å². The number of thioether (sulfide) groups is 1. The van der Waals surface area contributed by atoms with Gasteiger partial charge in [-0.15, -0.1) is 11.3 Å². The van der Waals surface area contributed by atoms with E-state index in [9.17, 15) is 14.7 Å². The number of phenolic OH excluding ortho intramolecular Hbond substituents is 1. The third kappa shape index (κ3) is 3.30. The second-order valence-corrected chi connectivity index (χ2v) is 8.41. The summed E-state index contributed by atoms with van der Waals surface area (Å²) >= 11 is 2.79. The van der Waals surface area contributed by atoms with Crippen molar-refractivity contribution in [2.45, 2.75) is 10.9 Å². The van der Waals surface area contributed by atoms with E-state index in [1.807, 2.05) is 35.7 Å². The van der Waals surface area contributed by atoms with Gasteiger partial charge in [-0.1, -0.05) is 30.0 Å². The Balaban J connectivity index is 1.62. The van der Waals surface area contributed by atoms with Gasteiger partial charge in [0.15, 0.2) is 5.16 Å². The van der Waals surface area contributed by atoms with Gasteiger partial charge in [0.05, 0.1) is 11.1 Å². The second-order valence-electron chi connectivity index (χ2n) is 6.57. The number of para-hydroxylation sites is 1. The van der Waals surface area contributed by atoms with E-state index in [1.165, 1.54) is 35.2 Å². The van der Waals surface area contributed by atoms with Crippen molar-refractivity contribution in [1.82, 2.24) is 9.55 Å². The Morgan fingerprint density at radius 3 is 2.70 bits per heavy atom. The first-order valence-electron chi connectivity index (χ1n) is 9.04. The molecule has 0 saturated carbocycles. The first-order valence-corrected chi connectivity index (χ1v) is 10.9. The number of hydrogen-bond donors (Lipinski definition) is 1. The summed E-state index contributed by atoms with van der Waals surface area (Å²) < 4.78 is 6.80. The molecule has 5 rings (SSSR count). The number of rotatable bonds is 4. The Hall–Kier alpha value is -3.36. The molecule has 3 heterocycles. The molecule has 0 unspecified atom stereocenters. The van der Waals surface area contributed by atoms with E-state index < -0.39 is 5.63 Å². The molecule has 148 valence electrons.